The van der Waals surface area contributed by atoms with E-state index in [2.05, 4.69) is 35.8 Å². The fourth-order valence-corrected chi connectivity index (χ4v) is 3.07. The van der Waals surface area contributed by atoms with Crippen LogP contribution in [0.5, 0.6) is 0 Å². The van der Waals surface area contributed by atoms with Crippen LogP contribution in [0.3, 0.4) is 0 Å². The van der Waals surface area contributed by atoms with Crippen LogP contribution in [0.2, 0.25) is 0 Å². The third-order valence-electron chi connectivity index (χ3n) is 4.62. The first-order valence-electron chi connectivity index (χ1n) is 8.37. The summed E-state index contributed by atoms with van der Waals surface area (Å²) in [5.74, 6) is 0.183. The molecule has 0 spiro atoms. The van der Waals surface area contributed by atoms with Crippen LogP contribution >= 0.6 is 0 Å². The van der Waals surface area contributed by atoms with Crippen LogP contribution in [-0.4, -0.2) is 18.5 Å². The third-order valence-corrected chi connectivity index (χ3v) is 4.62. The summed E-state index contributed by atoms with van der Waals surface area (Å²) in [6.07, 6.45) is 8.00. The highest BCUT2D eigenvalue weighted by Gasteiger charge is 2.22. The standard InChI is InChI=1S/C18H26N2O/c1-13(19-11-10-18(21)20-17-8-9-17)15-7-6-14-4-2-3-5-16(14)12-15/h6-7,12-13,17,19H,2-5,8-11H2,1H3,(H,20,21). The van der Waals surface area contributed by atoms with Crippen LogP contribution in [0, 0.1) is 0 Å². The van der Waals surface area contributed by atoms with Crippen molar-refractivity contribution in [2.75, 3.05) is 6.54 Å². The number of nitrogens with one attached hydrogen (secondary N) is 2. The summed E-state index contributed by atoms with van der Waals surface area (Å²) in [5, 5.41) is 6.50. The predicted molar refractivity (Wildman–Crippen MR) is 85.3 cm³/mol. The lowest BCUT2D eigenvalue weighted by atomic mass is 9.89. The van der Waals surface area contributed by atoms with Crippen molar-refractivity contribution in [2.45, 2.75) is 64.0 Å². The van der Waals surface area contributed by atoms with Crippen LogP contribution in [0.25, 0.3) is 0 Å². The zero-order chi connectivity index (χ0) is 14.7. The summed E-state index contributed by atoms with van der Waals surface area (Å²) >= 11 is 0. The molecule has 0 aromatic heterocycles. The first kappa shape index (κ1) is 14.6. The summed E-state index contributed by atoms with van der Waals surface area (Å²) in [7, 11) is 0. The lowest BCUT2D eigenvalue weighted by Crippen LogP contribution is -2.30. The minimum atomic E-state index is 0.183. The highest BCUT2D eigenvalue weighted by Crippen LogP contribution is 2.24. The van der Waals surface area contributed by atoms with Crippen molar-refractivity contribution in [3.8, 4) is 0 Å². The quantitative estimate of drug-likeness (QED) is 0.844. The number of hydrogen-bond acceptors (Lipinski definition) is 2. The van der Waals surface area contributed by atoms with E-state index in [9.17, 15) is 4.79 Å². The molecule has 2 aliphatic rings. The van der Waals surface area contributed by atoms with Gasteiger partial charge in [-0.25, -0.2) is 0 Å². The molecule has 2 aliphatic carbocycles. The molecular formula is C18H26N2O. The number of fused-ring (bicyclic) bond motifs is 1. The highest BCUT2D eigenvalue weighted by molar-refractivity contribution is 5.76. The molecule has 3 nitrogen and oxygen atoms in total. The fraction of sp³-hybridized carbons (Fsp3) is 0.611. The molecule has 0 bridgehead atoms. The Morgan fingerprint density at radius 2 is 2.00 bits per heavy atom. The minimum absolute atomic E-state index is 0.183. The zero-order valence-electron chi connectivity index (χ0n) is 13.0. The normalized spacial score (nSPS) is 18.9. The van der Waals surface area contributed by atoms with Gasteiger partial charge in [-0.1, -0.05) is 18.2 Å². The van der Waals surface area contributed by atoms with Crippen molar-refractivity contribution < 1.29 is 4.79 Å². The van der Waals surface area contributed by atoms with Gasteiger partial charge < -0.3 is 10.6 Å². The molecule has 1 amide bonds. The summed E-state index contributed by atoms with van der Waals surface area (Å²) in [4.78, 5) is 11.7. The number of carbonyl (C=O) groups excluding carboxylic acids is 1. The molecule has 3 heteroatoms. The van der Waals surface area contributed by atoms with E-state index in [0.29, 0.717) is 18.5 Å². The summed E-state index contributed by atoms with van der Waals surface area (Å²) in [6, 6.07) is 7.67. The zero-order valence-corrected chi connectivity index (χ0v) is 13.0. The molecule has 2 N–H and O–H groups in total. The van der Waals surface area contributed by atoms with Crippen molar-refractivity contribution in [3.63, 3.8) is 0 Å². The van der Waals surface area contributed by atoms with Crippen molar-refractivity contribution >= 4 is 5.91 Å². The van der Waals surface area contributed by atoms with Crippen LogP contribution in [-0.2, 0) is 17.6 Å². The predicted octanol–water partition coefficient (Wildman–Crippen LogP) is 2.88. The molecule has 1 fully saturated rings. The van der Waals surface area contributed by atoms with Gasteiger partial charge in [0.1, 0.15) is 0 Å². The Morgan fingerprint density at radius 3 is 2.76 bits per heavy atom. The van der Waals surface area contributed by atoms with Gasteiger partial charge in [0.15, 0.2) is 0 Å². The first-order chi connectivity index (χ1) is 10.2. The molecule has 1 saturated carbocycles. The van der Waals surface area contributed by atoms with Gasteiger partial charge in [-0.05, 0) is 62.1 Å². The number of aryl methyl sites for hydroxylation is 2. The van der Waals surface area contributed by atoms with E-state index < -0.39 is 0 Å². The smallest absolute Gasteiger partial charge is 0.221 e. The Morgan fingerprint density at radius 1 is 1.24 bits per heavy atom. The van der Waals surface area contributed by atoms with Gasteiger partial charge in [-0.2, -0.15) is 0 Å². The third kappa shape index (κ3) is 4.07. The Bertz CT molecular complexity index is 508. The van der Waals surface area contributed by atoms with E-state index in [1.54, 1.807) is 0 Å². The van der Waals surface area contributed by atoms with Gasteiger partial charge in [0.05, 0.1) is 0 Å². The number of benzene rings is 1. The van der Waals surface area contributed by atoms with Gasteiger partial charge in [0.2, 0.25) is 5.91 Å². The van der Waals surface area contributed by atoms with Gasteiger partial charge in [0, 0.05) is 25.0 Å². The average Bonchev–Trinajstić information content (AvgIpc) is 3.30. The maximum Gasteiger partial charge on any atom is 0.221 e. The highest BCUT2D eigenvalue weighted by atomic mass is 16.1. The van der Waals surface area contributed by atoms with E-state index >= 15 is 0 Å². The minimum Gasteiger partial charge on any atom is -0.353 e. The van der Waals surface area contributed by atoms with Crippen molar-refractivity contribution in [3.05, 3.63) is 34.9 Å². The largest absolute Gasteiger partial charge is 0.353 e. The van der Waals surface area contributed by atoms with Crippen LogP contribution in [0.15, 0.2) is 18.2 Å². The molecule has 0 radical (unpaired) electrons. The topological polar surface area (TPSA) is 41.1 Å². The Kier molecular flexibility index (Phi) is 4.59. The number of carbonyl (C=O) groups is 1. The molecule has 0 saturated heterocycles. The molecule has 1 unspecified atom stereocenters. The lowest BCUT2D eigenvalue weighted by molar-refractivity contribution is -0.121. The van der Waals surface area contributed by atoms with E-state index in [1.807, 2.05) is 0 Å². The van der Waals surface area contributed by atoms with E-state index in [0.717, 1.165) is 19.4 Å². The molecular weight excluding hydrogens is 260 g/mol. The van der Waals surface area contributed by atoms with Crippen molar-refractivity contribution in [1.29, 1.82) is 0 Å². The van der Waals surface area contributed by atoms with Crippen molar-refractivity contribution in [2.24, 2.45) is 0 Å². The summed E-state index contributed by atoms with van der Waals surface area (Å²) < 4.78 is 0. The molecule has 1 atom stereocenters. The van der Waals surface area contributed by atoms with E-state index in [1.165, 1.54) is 42.4 Å². The molecule has 1 aromatic carbocycles. The number of rotatable bonds is 6. The number of amides is 1. The Hall–Kier alpha value is -1.35. The Balaban J connectivity index is 1.48. The summed E-state index contributed by atoms with van der Waals surface area (Å²) in [5.41, 5.74) is 4.40. The van der Waals surface area contributed by atoms with Gasteiger partial charge in [0.25, 0.3) is 0 Å². The maximum atomic E-state index is 11.7. The first-order valence-corrected chi connectivity index (χ1v) is 8.37. The monoisotopic (exact) mass is 286 g/mol. The van der Waals surface area contributed by atoms with Crippen molar-refractivity contribution in [1.82, 2.24) is 10.6 Å². The SMILES string of the molecule is CC(NCCC(=O)NC1CC1)c1ccc2c(c1)CCCC2. The number of hydrogen-bond donors (Lipinski definition) is 2. The van der Waals surface area contributed by atoms with E-state index in [-0.39, 0.29) is 5.91 Å². The van der Waals surface area contributed by atoms with Gasteiger partial charge in [-0.15, -0.1) is 0 Å². The van der Waals surface area contributed by atoms with E-state index in [4.69, 9.17) is 0 Å². The molecule has 0 aliphatic heterocycles. The van der Waals surface area contributed by atoms with Crippen LogP contribution in [0.1, 0.15) is 61.8 Å². The molecule has 1 aromatic rings. The second-order valence-electron chi connectivity index (χ2n) is 6.50. The molecule has 21 heavy (non-hydrogen) atoms. The molecule has 3 rings (SSSR count). The summed E-state index contributed by atoms with van der Waals surface area (Å²) in [6.45, 7) is 2.93. The van der Waals surface area contributed by atoms with Gasteiger partial charge >= 0.3 is 0 Å². The molecule has 114 valence electrons. The second kappa shape index (κ2) is 6.61. The second-order valence-corrected chi connectivity index (χ2v) is 6.50. The van der Waals surface area contributed by atoms with Crippen LogP contribution < -0.4 is 10.6 Å². The van der Waals surface area contributed by atoms with Crippen LogP contribution in [0.4, 0.5) is 0 Å². The van der Waals surface area contributed by atoms with Gasteiger partial charge in [-0.3, -0.25) is 4.79 Å². The lowest BCUT2D eigenvalue weighted by Gasteiger charge is -2.20. The maximum absolute atomic E-state index is 11.7. The fourth-order valence-electron chi connectivity index (χ4n) is 3.07. The average molecular weight is 286 g/mol. The Labute approximate surface area is 127 Å². The molecule has 0 heterocycles.